The zero-order chi connectivity index (χ0) is 13.7. The topological polar surface area (TPSA) is 41.9 Å². The molecule has 0 radical (unpaired) electrons. The maximum absolute atomic E-state index is 6.17. The summed E-state index contributed by atoms with van der Waals surface area (Å²) >= 11 is 6.17. The van der Waals surface area contributed by atoms with Gasteiger partial charge in [0.1, 0.15) is 17.3 Å². The van der Waals surface area contributed by atoms with E-state index in [9.17, 15) is 0 Å². The van der Waals surface area contributed by atoms with Crippen LogP contribution in [0.15, 0.2) is 30.9 Å². The molecule has 0 aromatic carbocycles. The van der Waals surface area contributed by atoms with Crippen molar-refractivity contribution in [3.05, 3.63) is 47.1 Å². The van der Waals surface area contributed by atoms with E-state index in [1.165, 1.54) is 11.9 Å². The van der Waals surface area contributed by atoms with Crippen LogP contribution in [-0.4, -0.2) is 22.0 Å². The van der Waals surface area contributed by atoms with Crippen molar-refractivity contribution < 1.29 is 0 Å². The van der Waals surface area contributed by atoms with Gasteiger partial charge in [0.05, 0.1) is 0 Å². The Bertz CT molecular complexity index is 530. The molecule has 0 saturated heterocycles. The minimum absolute atomic E-state index is 0.549. The molecule has 0 N–H and O–H groups in total. The fourth-order valence-electron chi connectivity index (χ4n) is 2.01. The number of pyridine rings is 1. The second kappa shape index (κ2) is 6.48. The van der Waals surface area contributed by atoms with Crippen molar-refractivity contribution >= 4 is 17.4 Å². The van der Waals surface area contributed by atoms with Gasteiger partial charge < -0.3 is 4.90 Å². The summed E-state index contributed by atoms with van der Waals surface area (Å²) in [6, 6.07) is 4.00. The first kappa shape index (κ1) is 13.7. The molecule has 4 nitrogen and oxygen atoms in total. The third-order valence-electron chi connectivity index (χ3n) is 2.90. The van der Waals surface area contributed by atoms with Gasteiger partial charge in [-0.2, -0.15) is 0 Å². The second-order valence-corrected chi connectivity index (χ2v) is 4.79. The van der Waals surface area contributed by atoms with E-state index in [-0.39, 0.29) is 0 Å². The summed E-state index contributed by atoms with van der Waals surface area (Å²) in [5.41, 5.74) is 2.21. The Labute approximate surface area is 118 Å². The molecule has 2 heterocycles. The van der Waals surface area contributed by atoms with Crippen molar-refractivity contribution in [2.24, 2.45) is 0 Å². The Hall–Kier alpha value is -1.68. The number of aromatic nitrogens is 3. The van der Waals surface area contributed by atoms with Crippen LogP contribution in [0.4, 0.5) is 5.82 Å². The highest BCUT2D eigenvalue weighted by Gasteiger charge is 2.13. The lowest BCUT2D eigenvalue weighted by atomic mass is 10.1. The predicted octanol–water partition coefficient (Wildman–Crippen LogP) is 3.11. The summed E-state index contributed by atoms with van der Waals surface area (Å²) in [6.45, 7) is 2.89. The molecule has 0 atom stereocenters. The van der Waals surface area contributed by atoms with Crippen LogP contribution in [0.3, 0.4) is 0 Å². The standard InChI is InChI=1S/C14H17ClN4/c1-3-4-12-13(15)17-10-18-14(12)19(2)9-11-5-7-16-8-6-11/h5-8,10H,3-4,9H2,1-2H3. The number of anilines is 1. The maximum atomic E-state index is 6.17. The summed E-state index contributed by atoms with van der Waals surface area (Å²) in [5.74, 6) is 0.902. The molecule has 0 bridgehead atoms. The normalized spacial score (nSPS) is 10.5. The fourth-order valence-corrected chi connectivity index (χ4v) is 2.24. The molecule has 0 amide bonds. The lowest BCUT2D eigenvalue weighted by Crippen LogP contribution is -2.20. The molecule has 2 rings (SSSR count). The van der Waals surface area contributed by atoms with E-state index in [0.717, 1.165) is 30.8 Å². The molecule has 0 spiro atoms. The molecule has 5 heteroatoms. The van der Waals surface area contributed by atoms with Gasteiger partial charge in [-0.3, -0.25) is 4.98 Å². The highest BCUT2D eigenvalue weighted by Crippen LogP contribution is 2.24. The van der Waals surface area contributed by atoms with Gasteiger partial charge in [-0.15, -0.1) is 0 Å². The summed E-state index contributed by atoms with van der Waals surface area (Å²) in [4.78, 5) is 14.5. The van der Waals surface area contributed by atoms with Gasteiger partial charge in [0.25, 0.3) is 0 Å². The molecular weight excluding hydrogens is 260 g/mol. The first-order chi connectivity index (χ1) is 9.22. The second-order valence-electron chi connectivity index (χ2n) is 4.43. The highest BCUT2D eigenvalue weighted by atomic mass is 35.5. The monoisotopic (exact) mass is 276 g/mol. The summed E-state index contributed by atoms with van der Waals surface area (Å²) in [7, 11) is 2.01. The van der Waals surface area contributed by atoms with Crippen molar-refractivity contribution in [1.29, 1.82) is 0 Å². The van der Waals surface area contributed by atoms with Gasteiger partial charge in [0.2, 0.25) is 0 Å². The van der Waals surface area contributed by atoms with Gasteiger partial charge in [-0.25, -0.2) is 9.97 Å². The van der Waals surface area contributed by atoms with Gasteiger partial charge in [0.15, 0.2) is 0 Å². The van der Waals surface area contributed by atoms with Crippen LogP contribution in [0.25, 0.3) is 0 Å². The molecule has 0 aliphatic rings. The first-order valence-electron chi connectivity index (χ1n) is 6.31. The molecule has 0 fully saturated rings. The number of halogens is 1. The molecular formula is C14H17ClN4. The number of rotatable bonds is 5. The zero-order valence-electron chi connectivity index (χ0n) is 11.2. The number of hydrogen-bond donors (Lipinski definition) is 0. The van der Waals surface area contributed by atoms with Crippen molar-refractivity contribution in [2.45, 2.75) is 26.3 Å². The summed E-state index contributed by atoms with van der Waals surface area (Å²) in [6.07, 6.45) is 7.00. The molecule has 2 aromatic heterocycles. The van der Waals surface area contributed by atoms with E-state index in [1.807, 2.05) is 19.2 Å². The third-order valence-corrected chi connectivity index (χ3v) is 3.23. The van der Waals surface area contributed by atoms with Crippen molar-refractivity contribution in [2.75, 3.05) is 11.9 Å². The molecule has 0 unspecified atom stereocenters. The minimum Gasteiger partial charge on any atom is -0.355 e. The summed E-state index contributed by atoms with van der Waals surface area (Å²) < 4.78 is 0. The number of hydrogen-bond acceptors (Lipinski definition) is 4. The van der Waals surface area contributed by atoms with E-state index in [0.29, 0.717) is 5.15 Å². The van der Waals surface area contributed by atoms with E-state index >= 15 is 0 Å². The third kappa shape index (κ3) is 3.41. The lowest BCUT2D eigenvalue weighted by molar-refractivity contribution is 0.841. The molecule has 0 saturated carbocycles. The SMILES string of the molecule is CCCc1c(Cl)ncnc1N(C)Cc1ccncc1. The van der Waals surface area contributed by atoms with Crippen LogP contribution in [0.1, 0.15) is 24.5 Å². The van der Waals surface area contributed by atoms with E-state index < -0.39 is 0 Å². The molecule has 0 aliphatic heterocycles. The van der Waals surface area contributed by atoms with Gasteiger partial charge >= 0.3 is 0 Å². The lowest BCUT2D eigenvalue weighted by Gasteiger charge is -2.21. The molecule has 0 aliphatic carbocycles. The van der Waals surface area contributed by atoms with E-state index in [2.05, 4.69) is 26.8 Å². The highest BCUT2D eigenvalue weighted by molar-refractivity contribution is 6.30. The first-order valence-corrected chi connectivity index (χ1v) is 6.69. The Balaban J connectivity index is 2.23. The van der Waals surface area contributed by atoms with Crippen LogP contribution < -0.4 is 4.90 Å². The van der Waals surface area contributed by atoms with Crippen LogP contribution in [0, 0.1) is 0 Å². The molecule has 100 valence electrons. The fraction of sp³-hybridized carbons (Fsp3) is 0.357. The molecule has 19 heavy (non-hydrogen) atoms. The number of nitrogens with zero attached hydrogens (tertiary/aromatic N) is 4. The van der Waals surface area contributed by atoms with Crippen molar-refractivity contribution in [3.63, 3.8) is 0 Å². The van der Waals surface area contributed by atoms with Crippen LogP contribution in [0.2, 0.25) is 5.15 Å². The van der Waals surface area contributed by atoms with Gasteiger partial charge in [-0.05, 0) is 24.1 Å². The minimum atomic E-state index is 0.549. The average Bonchev–Trinajstić information content (AvgIpc) is 2.42. The predicted molar refractivity (Wildman–Crippen MR) is 77.4 cm³/mol. The van der Waals surface area contributed by atoms with Crippen molar-refractivity contribution in [1.82, 2.24) is 15.0 Å². The van der Waals surface area contributed by atoms with Crippen LogP contribution >= 0.6 is 11.6 Å². The Morgan fingerprint density at radius 2 is 1.95 bits per heavy atom. The largest absolute Gasteiger partial charge is 0.355 e. The Morgan fingerprint density at radius 3 is 2.63 bits per heavy atom. The Morgan fingerprint density at radius 1 is 1.21 bits per heavy atom. The van der Waals surface area contributed by atoms with Crippen molar-refractivity contribution in [3.8, 4) is 0 Å². The maximum Gasteiger partial charge on any atom is 0.137 e. The smallest absolute Gasteiger partial charge is 0.137 e. The zero-order valence-corrected chi connectivity index (χ0v) is 11.9. The summed E-state index contributed by atoms with van der Waals surface area (Å²) in [5, 5.41) is 0.549. The van der Waals surface area contributed by atoms with E-state index in [1.54, 1.807) is 12.4 Å². The Kier molecular flexibility index (Phi) is 4.68. The molecule has 2 aromatic rings. The van der Waals surface area contributed by atoms with Gasteiger partial charge in [-0.1, -0.05) is 24.9 Å². The van der Waals surface area contributed by atoms with Gasteiger partial charge in [0, 0.05) is 31.5 Å². The average molecular weight is 277 g/mol. The van der Waals surface area contributed by atoms with Crippen LogP contribution in [0.5, 0.6) is 0 Å². The van der Waals surface area contributed by atoms with E-state index in [4.69, 9.17) is 11.6 Å². The van der Waals surface area contributed by atoms with Crippen LogP contribution in [-0.2, 0) is 13.0 Å². The quantitative estimate of drug-likeness (QED) is 0.787.